The first kappa shape index (κ1) is 27.6. The Hall–Kier alpha value is -2.96. The van der Waals surface area contributed by atoms with Crippen LogP contribution in [0.5, 0.6) is 0 Å². The van der Waals surface area contributed by atoms with Gasteiger partial charge in [0.05, 0.1) is 27.2 Å². The van der Waals surface area contributed by atoms with Gasteiger partial charge in [0.1, 0.15) is 4.90 Å². The molecule has 0 aliphatic carbocycles. The van der Waals surface area contributed by atoms with Crippen LogP contribution in [0.4, 0.5) is 5.69 Å². The number of carboxylic acids is 1. The van der Waals surface area contributed by atoms with Gasteiger partial charge < -0.3 is 10.4 Å². The molecule has 3 aromatic rings. The molecule has 0 bridgehead atoms. The highest BCUT2D eigenvalue weighted by atomic mass is 35.5. The van der Waals surface area contributed by atoms with Gasteiger partial charge in [-0.05, 0) is 41.8 Å². The van der Waals surface area contributed by atoms with Crippen molar-refractivity contribution in [3.8, 4) is 0 Å². The van der Waals surface area contributed by atoms with Crippen LogP contribution in [0.3, 0.4) is 0 Å². The molecule has 0 radical (unpaired) electrons. The Labute approximate surface area is 215 Å². The summed E-state index contributed by atoms with van der Waals surface area (Å²) in [5.74, 6) is -1.31. The number of primary sulfonamides is 1. The number of rotatable bonds is 11. The maximum absolute atomic E-state index is 13.0. The number of carbonyl (C=O) groups is 1. The smallest absolute Gasteiger partial charge is 0.337 e. The van der Waals surface area contributed by atoms with E-state index in [4.69, 9.17) is 16.7 Å². The highest BCUT2D eigenvalue weighted by Gasteiger charge is 2.24. The van der Waals surface area contributed by atoms with Gasteiger partial charge >= 0.3 is 5.97 Å². The van der Waals surface area contributed by atoms with Crippen molar-refractivity contribution >= 4 is 43.3 Å². The van der Waals surface area contributed by atoms with Crippen molar-refractivity contribution < 1.29 is 26.7 Å². The largest absolute Gasteiger partial charge is 0.478 e. The van der Waals surface area contributed by atoms with Crippen LogP contribution in [0.25, 0.3) is 0 Å². The third-order valence-corrected chi connectivity index (χ3v) is 8.21. The minimum Gasteiger partial charge on any atom is -0.478 e. The fraction of sp³-hybridized carbons (Fsp3) is 0.208. The molecule has 192 valence electrons. The number of anilines is 1. The number of nitrogens with two attached hydrogens (primary N) is 1. The third-order valence-electron chi connectivity index (χ3n) is 5.42. The molecule has 0 amide bonds. The van der Waals surface area contributed by atoms with Gasteiger partial charge in [-0.2, -0.15) is 0 Å². The lowest BCUT2D eigenvalue weighted by molar-refractivity contribution is 0.0697. The number of hydrogen-bond acceptors (Lipinski definition) is 6. The maximum atomic E-state index is 13.0. The second-order valence-electron chi connectivity index (χ2n) is 8.04. The minimum atomic E-state index is -4.21. The maximum Gasteiger partial charge on any atom is 0.337 e. The third kappa shape index (κ3) is 6.83. The molecule has 1 atom stereocenters. The van der Waals surface area contributed by atoms with Gasteiger partial charge in [-0.15, -0.1) is 0 Å². The van der Waals surface area contributed by atoms with Crippen molar-refractivity contribution in [1.82, 2.24) is 4.72 Å². The molecule has 0 fully saturated rings. The van der Waals surface area contributed by atoms with Crippen LogP contribution in [0.2, 0.25) is 5.02 Å². The Balaban J connectivity index is 1.88. The number of sulfonamides is 2. The number of halogens is 1. The summed E-state index contributed by atoms with van der Waals surface area (Å²) in [7, 11) is -8.08. The topological polar surface area (TPSA) is 156 Å². The lowest BCUT2D eigenvalue weighted by Crippen LogP contribution is -2.24. The van der Waals surface area contributed by atoms with Crippen LogP contribution in [0, 0.1) is 0 Å². The summed E-state index contributed by atoms with van der Waals surface area (Å²) in [5, 5.41) is 17.9. The zero-order valence-electron chi connectivity index (χ0n) is 19.3. The Morgan fingerprint density at radius 1 is 1.03 bits per heavy atom. The predicted octanol–water partition coefficient (Wildman–Crippen LogP) is 4.12. The molecular formula is C24H26ClN3O6S2. The molecular weight excluding hydrogens is 526 g/mol. The van der Waals surface area contributed by atoms with Crippen molar-refractivity contribution in [1.29, 1.82) is 0 Å². The Morgan fingerprint density at radius 3 is 2.22 bits per heavy atom. The summed E-state index contributed by atoms with van der Waals surface area (Å²) in [6.45, 7) is 1.82. The zero-order chi connectivity index (χ0) is 26.5. The monoisotopic (exact) mass is 551 g/mol. The lowest BCUT2D eigenvalue weighted by Gasteiger charge is -2.22. The summed E-state index contributed by atoms with van der Waals surface area (Å²) < 4.78 is 51.0. The molecule has 5 N–H and O–H groups in total. The number of aromatic carboxylic acids is 1. The van der Waals surface area contributed by atoms with E-state index in [1.54, 1.807) is 0 Å². The molecule has 0 saturated carbocycles. The molecule has 0 aliphatic heterocycles. The van der Waals surface area contributed by atoms with E-state index >= 15 is 0 Å². The minimum absolute atomic E-state index is 0.108. The summed E-state index contributed by atoms with van der Waals surface area (Å²) >= 11 is 6.32. The molecule has 9 nitrogen and oxygen atoms in total. The first-order valence-corrected chi connectivity index (χ1v) is 14.3. The SMILES string of the molecule is CCCC(Nc1cc(Cl)c(S(=O)(=O)NCc2ccc(S(N)(=O)=O)cc2)cc1C(=O)O)c1ccccc1. The van der Waals surface area contributed by atoms with Gasteiger partial charge in [0.2, 0.25) is 20.0 Å². The average molecular weight is 552 g/mol. The molecule has 3 aromatic carbocycles. The Bertz CT molecular complexity index is 1450. The van der Waals surface area contributed by atoms with E-state index in [1.165, 1.54) is 30.3 Å². The molecule has 0 aromatic heterocycles. The van der Waals surface area contributed by atoms with Gasteiger partial charge in [-0.1, -0.05) is 67.4 Å². The summed E-state index contributed by atoms with van der Waals surface area (Å²) in [6.07, 6.45) is 1.55. The number of hydrogen-bond donors (Lipinski definition) is 4. The standard InChI is InChI=1S/C24H26ClN3O6S2/c1-2-6-21(17-7-4-3-5-8-17)28-22-14-20(25)23(13-19(22)24(29)30)36(33,34)27-15-16-9-11-18(12-10-16)35(26,31)32/h3-5,7-14,21,27-28H,2,6,15H2,1H3,(H,29,30)(H2,26,31,32). The second kappa shape index (κ2) is 11.4. The lowest BCUT2D eigenvalue weighted by atomic mass is 10.0. The first-order valence-electron chi connectivity index (χ1n) is 10.9. The van der Waals surface area contributed by atoms with Gasteiger partial charge in [-0.3, -0.25) is 0 Å². The van der Waals surface area contributed by atoms with E-state index in [0.717, 1.165) is 18.1 Å². The summed E-state index contributed by atoms with van der Waals surface area (Å²) in [5.41, 5.74) is 1.38. The van der Waals surface area contributed by atoms with E-state index < -0.39 is 26.0 Å². The second-order valence-corrected chi connectivity index (χ2v) is 11.7. The van der Waals surface area contributed by atoms with Gasteiger partial charge in [0.25, 0.3) is 0 Å². The number of benzene rings is 3. The van der Waals surface area contributed by atoms with Crippen molar-refractivity contribution in [3.63, 3.8) is 0 Å². The molecule has 0 aliphatic rings. The van der Waals surface area contributed by atoms with Gasteiger partial charge in [-0.25, -0.2) is 31.5 Å². The van der Waals surface area contributed by atoms with E-state index in [9.17, 15) is 26.7 Å². The van der Waals surface area contributed by atoms with Crippen LogP contribution in [-0.4, -0.2) is 27.9 Å². The normalized spacial score (nSPS) is 12.8. The fourth-order valence-electron chi connectivity index (χ4n) is 3.59. The first-order chi connectivity index (χ1) is 16.9. The predicted molar refractivity (Wildman–Crippen MR) is 138 cm³/mol. The van der Waals surface area contributed by atoms with Crippen LogP contribution < -0.4 is 15.2 Å². The van der Waals surface area contributed by atoms with Gasteiger partial charge in [0.15, 0.2) is 0 Å². The van der Waals surface area contributed by atoms with Crippen LogP contribution in [-0.2, 0) is 26.6 Å². The molecule has 0 saturated heterocycles. The molecule has 3 rings (SSSR count). The molecule has 0 spiro atoms. The summed E-state index contributed by atoms with van der Waals surface area (Å²) in [4.78, 5) is 11.5. The van der Waals surface area contributed by atoms with Crippen LogP contribution >= 0.6 is 11.6 Å². The van der Waals surface area contributed by atoms with Crippen molar-refractivity contribution in [2.45, 2.75) is 42.1 Å². The van der Waals surface area contributed by atoms with Crippen molar-refractivity contribution in [2.75, 3.05) is 5.32 Å². The molecule has 1 unspecified atom stereocenters. The molecule has 0 heterocycles. The summed E-state index contributed by atoms with van der Waals surface area (Å²) in [6, 6.07) is 17.0. The highest BCUT2D eigenvalue weighted by molar-refractivity contribution is 7.89. The van der Waals surface area contributed by atoms with E-state index in [2.05, 4.69) is 10.0 Å². The van der Waals surface area contributed by atoms with E-state index in [0.29, 0.717) is 12.0 Å². The van der Waals surface area contributed by atoms with Crippen LogP contribution in [0.15, 0.2) is 76.5 Å². The molecule has 36 heavy (non-hydrogen) atoms. The van der Waals surface area contributed by atoms with Crippen molar-refractivity contribution in [2.24, 2.45) is 5.14 Å². The van der Waals surface area contributed by atoms with E-state index in [-0.39, 0.29) is 38.7 Å². The van der Waals surface area contributed by atoms with Crippen molar-refractivity contribution in [3.05, 3.63) is 88.4 Å². The quantitative estimate of drug-likeness (QED) is 0.279. The van der Waals surface area contributed by atoms with Gasteiger partial charge in [0, 0.05) is 6.54 Å². The number of nitrogens with one attached hydrogen (secondary N) is 2. The Morgan fingerprint density at radius 2 is 1.67 bits per heavy atom. The highest BCUT2D eigenvalue weighted by Crippen LogP contribution is 2.32. The molecule has 12 heteroatoms. The van der Waals surface area contributed by atoms with E-state index in [1.807, 2.05) is 37.3 Å². The fourth-order valence-corrected chi connectivity index (χ4v) is 5.68. The average Bonchev–Trinajstić information content (AvgIpc) is 2.82. The number of carboxylic acid groups (broad SMARTS) is 1. The zero-order valence-corrected chi connectivity index (χ0v) is 21.7. The Kier molecular flexibility index (Phi) is 8.75. The van der Waals surface area contributed by atoms with Crippen LogP contribution in [0.1, 0.15) is 47.3 Å².